The monoisotopic (exact) mass is 399 g/mol. The first-order valence-electron chi connectivity index (χ1n) is 8.26. The van der Waals surface area contributed by atoms with E-state index in [4.69, 9.17) is 0 Å². The summed E-state index contributed by atoms with van der Waals surface area (Å²) in [6, 6.07) is 0.862. The first kappa shape index (κ1) is 19.4. The Bertz CT molecular complexity index is 991. The van der Waals surface area contributed by atoms with Gasteiger partial charge in [0, 0.05) is 37.9 Å². The number of aryl methyl sites for hydroxylation is 1. The first-order chi connectivity index (χ1) is 12.6. The standard InChI is InChI=1S/C16H19F2N5O3S/c1-22-9-10(7-12(17)15(22)24)14-13(18)8-19-16(21-14)20-11-3-5-23(6-4-11)27(2,25)26/h7-9,11H,3-6H2,1-2H3,(H,19,20,21). The largest absolute Gasteiger partial charge is 0.351 e. The van der Waals surface area contributed by atoms with E-state index in [9.17, 15) is 22.0 Å². The van der Waals surface area contributed by atoms with Crippen LogP contribution in [0.2, 0.25) is 0 Å². The van der Waals surface area contributed by atoms with Crippen molar-refractivity contribution in [2.75, 3.05) is 24.7 Å². The lowest BCUT2D eigenvalue weighted by Crippen LogP contribution is -2.42. The van der Waals surface area contributed by atoms with Gasteiger partial charge < -0.3 is 9.88 Å². The van der Waals surface area contributed by atoms with Gasteiger partial charge in [0.25, 0.3) is 5.56 Å². The molecule has 0 amide bonds. The average molecular weight is 399 g/mol. The highest BCUT2D eigenvalue weighted by Crippen LogP contribution is 2.22. The number of hydrogen-bond donors (Lipinski definition) is 1. The van der Waals surface area contributed by atoms with E-state index in [-0.39, 0.29) is 23.2 Å². The topological polar surface area (TPSA) is 97.2 Å². The Morgan fingerprint density at radius 2 is 1.89 bits per heavy atom. The van der Waals surface area contributed by atoms with Gasteiger partial charge in [-0.2, -0.15) is 0 Å². The number of piperidine rings is 1. The molecule has 1 aliphatic rings. The Labute approximate surface area is 154 Å². The van der Waals surface area contributed by atoms with Crippen LogP contribution in [0.15, 0.2) is 23.3 Å². The molecule has 8 nitrogen and oxygen atoms in total. The van der Waals surface area contributed by atoms with E-state index in [0.29, 0.717) is 25.9 Å². The molecule has 1 N–H and O–H groups in total. The number of sulfonamides is 1. The number of halogens is 2. The molecule has 146 valence electrons. The second-order valence-corrected chi connectivity index (χ2v) is 8.45. The summed E-state index contributed by atoms with van der Waals surface area (Å²) >= 11 is 0. The maximum atomic E-state index is 14.1. The highest BCUT2D eigenvalue weighted by Gasteiger charge is 2.25. The van der Waals surface area contributed by atoms with Crippen molar-refractivity contribution < 1.29 is 17.2 Å². The highest BCUT2D eigenvalue weighted by atomic mass is 32.2. The fourth-order valence-corrected chi connectivity index (χ4v) is 3.83. The molecule has 1 aliphatic heterocycles. The minimum atomic E-state index is -3.22. The smallest absolute Gasteiger partial charge is 0.286 e. The molecule has 3 rings (SSSR count). The van der Waals surface area contributed by atoms with E-state index in [0.717, 1.165) is 16.8 Å². The second-order valence-electron chi connectivity index (χ2n) is 6.46. The normalized spacial score (nSPS) is 16.4. The third kappa shape index (κ3) is 4.30. The van der Waals surface area contributed by atoms with Crippen molar-refractivity contribution in [3.63, 3.8) is 0 Å². The molecule has 0 atom stereocenters. The molecule has 3 heterocycles. The summed E-state index contributed by atoms with van der Waals surface area (Å²) in [7, 11) is -1.86. The van der Waals surface area contributed by atoms with Crippen LogP contribution in [0.25, 0.3) is 11.3 Å². The quantitative estimate of drug-likeness (QED) is 0.823. The Hall–Kier alpha value is -2.40. The van der Waals surface area contributed by atoms with Crippen molar-refractivity contribution in [3.05, 3.63) is 40.4 Å². The van der Waals surface area contributed by atoms with E-state index in [1.54, 1.807) is 0 Å². The number of nitrogens with one attached hydrogen (secondary N) is 1. The van der Waals surface area contributed by atoms with E-state index in [1.807, 2.05) is 0 Å². The van der Waals surface area contributed by atoms with Crippen LogP contribution in [-0.2, 0) is 17.1 Å². The van der Waals surface area contributed by atoms with Crippen LogP contribution in [-0.4, -0.2) is 52.6 Å². The lowest BCUT2D eigenvalue weighted by molar-refractivity contribution is 0.331. The number of anilines is 1. The molecule has 2 aromatic heterocycles. The summed E-state index contributed by atoms with van der Waals surface area (Å²) < 4.78 is 53.4. The van der Waals surface area contributed by atoms with E-state index in [1.165, 1.54) is 23.8 Å². The number of pyridine rings is 1. The molecule has 0 spiro atoms. The van der Waals surface area contributed by atoms with E-state index >= 15 is 0 Å². The molecule has 2 aromatic rings. The zero-order chi connectivity index (χ0) is 19.8. The maximum absolute atomic E-state index is 14.1. The minimum absolute atomic E-state index is 0.0711. The van der Waals surface area contributed by atoms with Gasteiger partial charge in [0.15, 0.2) is 11.6 Å². The first-order valence-corrected chi connectivity index (χ1v) is 10.1. The molecular weight excluding hydrogens is 380 g/mol. The average Bonchev–Trinajstić information content (AvgIpc) is 2.60. The van der Waals surface area contributed by atoms with Crippen molar-refractivity contribution in [1.82, 2.24) is 18.8 Å². The van der Waals surface area contributed by atoms with Crippen LogP contribution in [0.5, 0.6) is 0 Å². The summed E-state index contributed by atoms with van der Waals surface area (Å²) in [4.78, 5) is 19.5. The van der Waals surface area contributed by atoms with E-state index < -0.39 is 27.2 Å². The van der Waals surface area contributed by atoms with Crippen LogP contribution < -0.4 is 10.9 Å². The molecule has 0 bridgehead atoms. The zero-order valence-corrected chi connectivity index (χ0v) is 15.6. The molecule has 11 heteroatoms. The van der Waals surface area contributed by atoms with Crippen molar-refractivity contribution in [3.8, 4) is 11.3 Å². The highest BCUT2D eigenvalue weighted by molar-refractivity contribution is 7.88. The Morgan fingerprint density at radius 3 is 2.48 bits per heavy atom. The molecule has 0 aliphatic carbocycles. The number of nitrogens with zero attached hydrogens (tertiary/aromatic N) is 4. The molecule has 0 saturated carbocycles. The fraction of sp³-hybridized carbons (Fsp3) is 0.438. The van der Waals surface area contributed by atoms with Gasteiger partial charge >= 0.3 is 0 Å². The summed E-state index contributed by atoms with van der Waals surface area (Å²) in [5, 5.41) is 3.06. The predicted octanol–water partition coefficient (Wildman–Crippen LogP) is 0.956. The molecule has 0 unspecified atom stereocenters. The summed E-state index contributed by atoms with van der Waals surface area (Å²) in [6.07, 6.45) is 4.54. The second kappa shape index (κ2) is 7.31. The third-order valence-electron chi connectivity index (χ3n) is 4.41. The molecule has 1 fully saturated rings. The van der Waals surface area contributed by atoms with Crippen molar-refractivity contribution in [1.29, 1.82) is 0 Å². The fourth-order valence-electron chi connectivity index (χ4n) is 2.95. The van der Waals surface area contributed by atoms with Gasteiger partial charge in [-0.15, -0.1) is 0 Å². The Balaban J connectivity index is 1.80. The number of hydrogen-bond acceptors (Lipinski definition) is 6. The van der Waals surface area contributed by atoms with Crippen molar-refractivity contribution in [2.45, 2.75) is 18.9 Å². The van der Waals surface area contributed by atoms with Gasteiger partial charge in [0.2, 0.25) is 16.0 Å². The number of aromatic nitrogens is 3. The van der Waals surface area contributed by atoms with Crippen LogP contribution in [0.4, 0.5) is 14.7 Å². The molecule has 0 radical (unpaired) electrons. The van der Waals surface area contributed by atoms with Gasteiger partial charge in [0.05, 0.1) is 12.5 Å². The lowest BCUT2D eigenvalue weighted by Gasteiger charge is -2.30. The summed E-state index contributed by atoms with van der Waals surface area (Å²) in [5.74, 6) is -1.60. The van der Waals surface area contributed by atoms with Crippen LogP contribution in [0, 0.1) is 11.6 Å². The zero-order valence-electron chi connectivity index (χ0n) is 14.8. The third-order valence-corrected chi connectivity index (χ3v) is 5.72. The van der Waals surface area contributed by atoms with Gasteiger partial charge in [-0.1, -0.05) is 0 Å². The summed E-state index contributed by atoms with van der Waals surface area (Å²) in [5.41, 5.74) is -0.829. The predicted molar refractivity (Wildman–Crippen MR) is 95.7 cm³/mol. The van der Waals surface area contributed by atoms with Gasteiger partial charge in [-0.05, 0) is 18.9 Å². The maximum Gasteiger partial charge on any atom is 0.286 e. The SMILES string of the molecule is Cn1cc(-c2nc(NC3CCN(S(C)(=O)=O)CC3)ncc2F)cc(F)c1=O. The molecule has 1 saturated heterocycles. The van der Waals surface area contributed by atoms with Crippen molar-refractivity contribution >= 4 is 16.0 Å². The summed E-state index contributed by atoms with van der Waals surface area (Å²) in [6.45, 7) is 0.743. The van der Waals surface area contributed by atoms with E-state index in [2.05, 4.69) is 15.3 Å². The van der Waals surface area contributed by atoms with Gasteiger partial charge in [-0.25, -0.2) is 31.5 Å². The van der Waals surface area contributed by atoms with Crippen LogP contribution in [0.1, 0.15) is 12.8 Å². The number of rotatable bonds is 4. The van der Waals surface area contributed by atoms with Gasteiger partial charge in [-0.3, -0.25) is 4.79 Å². The minimum Gasteiger partial charge on any atom is -0.351 e. The van der Waals surface area contributed by atoms with Gasteiger partial charge in [0.1, 0.15) is 5.69 Å². The Kier molecular flexibility index (Phi) is 5.24. The van der Waals surface area contributed by atoms with Crippen LogP contribution in [0.3, 0.4) is 0 Å². The van der Waals surface area contributed by atoms with Crippen LogP contribution >= 0.6 is 0 Å². The molecule has 27 heavy (non-hydrogen) atoms. The molecular formula is C16H19F2N5O3S. The molecule has 0 aromatic carbocycles. The lowest BCUT2D eigenvalue weighted by atomic mass is 10.1. The Morgan fingerprint density at radius 1 is 1.22 bits per heavy atom. The van der Waals surface area contributed by atoms with Crippen molar-refractivity contribution in [2.24, 2.45) is 7.05 Å².